The molecule has 1 saturated heterocycles. The second-order valence-corrected chi connectivity index (χ2v) is 6.32. The maximum Gasteiger partial charge on any atom is 0.225 e. The highest BCUT2D eigenvalue weighted by molar-refractivity contribution is 9.10. The highest BCUT2D eigenvalue weighted by Gasteiger charge is 2.19. The first-order valence-corrected chi connectivity index (χ1v) is 7.99. The van der Waals surface area contributed by atoms with Crippen molar-refractivity contribution in [3.05, 3.63) is 46.2 Å². The fourth-order valence-electron chi connectivity index (χ4n) is 2.69. The second-order valence-electron chi connectivity index (χ2n) is 5.40. The normalized spacial score (nSPS) is 15.4. The van der Waals surface area contributed by atoms with E-state index in [1.54, 1.807) is 0 Å². The van der Waals surface area contributed by atoms with Crippen LogP contribution in [-0.4, -0.2) is 36.1 Å². The van der Waals surface area contributed by atoms with Gasteiger partial charge in [-0.3, -0.25) is 0 Å². The summed E-state index contributed by atoms with van der Waals surface area (Å²) in [6.07, 6.45) is 0. The van der Waals surface area contributed by atoms with Crippen molar-refractivity contribution in [2.45, 2.75) is 13.8 Å². The molecule has 1 aliphatic rings. The molecule has 110 valence electrons. The molecule has 2 heterocycles. The largest absolute Gasteiger partial charge is 0.368 e. The van der Waals surface area contributed by atoms with Gasteiger partial charge in [0.25, 0.3) is 0 Å². The van der Waals surface area contributed by atoms with E-state index in [-0.39, 0.29) is 0 Å². The molecule has 0 saturated carbocycles. The van der Waals surface area contributed by atoms with Crippen LogP contribution in [0.15, 0.2) is 34.8 Å². The molecule has 0 amide bonds. The highest BCUT2D eigenvalue weighted by atomic mass is 79.9. The van der Waals surface area contributed by atoms with Gasteiger partial charge in [0.15, 0.2) is 0 Å². The number of aromatic nitrogens is 2. The number of hydrogen-bond donors (Lipinski definition) is 0. The van der Waals surface area contributed by atoms with E-state index in [0.717, 1.165) is 48.0 Å². The Hall–Kier alpha value is -1.62. The molecule has 0 atom stereocenters. The summed E-state index contributed by atoms with van der Waals surface area (Å²) < 4.78 is 1.13. The van der Waals surface area contributed by atoms with E-state index in [1.807, 2.05) is 19.9 Å². The van der Waals surface area contributed by atoms with E-state index in [0.29, 0.717) is 0 Å². The van der Waals surface area contributed by atoms with Crippen molar-refractivity contribution in [1.29, 1.82) is 0 Å². The van der Waals surface area contributed by atoms with Crippen molar-refractivity contribution < 1.29 is 0 Å². The Bertz CT molecular complexity index is 616. The van der Waals surface area contributed by atoms with Crippen molar-refractivity contribution in [3.8, 4) is 0 Å². The molecule has 0 bridgehead atoms. The maximum atomic E-state index is 4.56. The lowest BCUT2D eigenvalue weighted by molar-refractivity contribution is 0.638. The molecule has 4 nitrogen and oxygen atoms in total. The molecular formula is C16H19BrN4. The lowest BCUT2D eigenvalue weighted by atomic mass is 10.2. The van der Waals surface area contributed by atoms with Crippen LogP contribution in [0.5, 0.6) is 0 Å². The molecule has 0 radical (unpaired) electrons. The molecular weight excluding hydrogens is 328 g/mol. The van der Waals surface area contributed by atoms with Crippen molar-refractivity contribution in [1.82, 2.24) is 9.97 Å². The van der Waals surface area contributed by atoms with E-state index >= 15 is 0 Å². The van der Waals surface area contributed by atoms with Crippen LogP contribution in [0.4, 0.5) is 11.6 Å². The summed E-state index contributed by atoms with van der Waals surface area (Å²) in [6, 6.07) is 10.5. The van der Waals surface area contributed by atoms with Crippen molar-refractivity contribution in [3.63, 3.8) is 0 Å². The van der Waals surface area contributed by atoms with E-state index in [1.165, 1.54) is 5.69 Å². The first-order chi connectivity index (χ1) is 10.1. The van der Waals surface area contributed by atoms with Gasteiger partial charge >= 0.3 is 0 Å². The summed E-state index contributed by atoms with van der Waals surface area (Å²) in [7, 11) is 0. The molecule has 1 aromatic carbocycles. The number of nitrogens with zero attached hydrogens (tertiary/aromatic N) is 4. The molecule has 21 heavy (non-hydrogen) atoms. The van der Waals surface area contributed by atoms with Crippen LogP contribution < -0.4 is 9.80 Å². The summed E-state index contributed by atoms with van der Waals surface area (Å²) in [5, 5.41) is 0. The van der Waals surface area contributed by atoms with Gasteiger partial charge in [-0.2, -0.15) is 0 Å². The predicted octanol–water partition coefficient (Wildman–Crippen LogP) is 3.18. The lowest BCUT2D eigenvalue weighted by Gasteiger charge is -2.36. The van der Waals surface area contributed by atoms with E-state index in [4.69, 9.17) is 0 Å². The summed E-state index contributed by atoms with van der Waals surface area (Å²) in [5.41, 5.74) is 3.34. The predicted molar refractivity (Wildman–Crippen MR) is 90.1 cm³/mol. The fraction of sp³-hybridized carbons (Fsp3) is 0.375. The number of benzene rings is 1. The molecule has 3 rings (SSSR count). The van der Waals surface area contributed by atoms with Crippen LogP contribution in [0.25, 0.3) is 0 Å². The van der Waals surface area contributed by atoms with Gasteiger partial charge < -0.3 is 9.80 Å². The first kappa shape index (κ1) is 14.3. The topological polar surface area (TPSA) is 32.3 Å². The number of rotatable bonds is 2. The molecule has 5 heteroatoms. The molecule has 0 aliphatic carbocycles. The van der Waals surface area contributed by atoms with Crippen LogP contribution in [0.3, 0.4) is 0 Å². The zero-order chi connectivity index (χ0) is 14.8. The smallest absolute Gasteiger partial charge is 0.225 e. The molecule has 0 unspecified atom stereocenters. The van der Waals surface area contributed by atoms with E-state index in [2.05, 4.69) is 60.0 Å². The third-order valence-electron chi connectivity index (χ3n) is 3.71. The summed E-state index contributed by atoms with van der Waals surface area (Å²) in [6.45, 7) is 7.94. The van der Waals surface area contributed by atoms with Crippen molar-refractivity contribution >= 4 is 27.6 Å². The minimum absolute atomic E-state index is 0.862. The molecule has 1 fully saturated rings. The van der Waals surface area contributed by atoms with E-state index in [9.17, 15) is 0 Å². The van der Waals surface area contributed by atoms with Gasteiger partial charge in [0, 0.05) is 47.7 Å². The zero-order valence-electron chi connectivity index (χ0n) is 12.4. The monoisotopic (exact) mass is 346 g/mol. The Labute approximate surface area is 133 Å². The molecule has 1 aromatic heterocycles. The SMILES string of the molecule is Cc1cc(C)nc(N2CCN(c3cccc(Br)c3)CC2)n1. The number of halogens is 1. The number of piperazine rings is 1. The molecule has 2 aromatic rings. The average molecular weight is 347 g/mol. The van der Waals surface area contributed by atoms with Gasteiger partial charge in [0.2, 0.25) is 5.95 Å². The fourth-order valence-corrected chi connectivity index (χ4v) is 3.07. The standard InChI is InChI=1S/C16H19BrN4/c1-12-10-13(2)19-16(18-12)21-8-6-20(7-9-21)15-5-3-4-14(17)11-15/h3-5,10-11H,6-9H2,1-2H3. The quantitative estimate of drug-likeness (QED) is 0.835. The Morgan fingerprint density at radius 2 is 1.52 bits per heavy atom. The van der Waals surface area contributed by atoms with Crippen LogP contribution in [0.2, 0.25) is 0 Å². The van der Waals surface area contributed by atoms with Crippen LogP contribution >= 0.6 is 15.9 Å². The summed E-state index contributed by atoms with van der Waals surface area (Å²) in [5.74, 6) is 0.862. The number of aryl methyl sites for hydroxylation is 2. The van der Waals surface area contributed by atoms with Gasteiger partial charge in [0.05, 0.1) is 0 Å². The van der Waals surface area contributed by atoms with Crippen molar-refractivity contribution in [2.75, 3.05) is 36.0 Å². The van der Waals surface area contributed by atoms with Crippen LogP contribution in [0.1, 0.15) is 11.4 Å². The minimum Gasteiger partial charge on any atom is -0.368 e. The molecule has 0 spiro atoms. The Kier molecular flexibility index (Phi) is 4.10. The Morgan fingerprint density at radius 3 is 2.14 bits per heavy atom. The summed E-state index contributed by atoms with van der Waals surface area (Å²) in [4.78, 5) is 13.8. The first-order valence-electron chi connectivity index (χ1n) is 7.19. The Morgan fingerprint density at radius 1 is 0.905 bits per heavy atom. The molecule has 1 aliphatic heterocycles. The van der Waals surface area contributed by atoms with Gasteiger partial charge in [-0.05, 0) is 38.1 Å². The van der Waals surface area contributed by atoms with Gasteiger partial charge in [0.1, 0.15) is 0 Å². The average Bonchev–Trinajstić information content (AvgIpc) is 2.46. The van der Waals surface area contributed by atoms with Gasteiger partial charge in [-0.1, -0.05) is 22.0 Å². The van der Waals surface area contributed by atoms with Crippen LogP contribution in [-0.2, 0) is 0 Å². The summed E-state index contributed by atoms with van der Waals surface area (Å²) >= 11 is 3.54. The third-order valence-corrected chi connectivity index (χ3v) is 4.20. The van der Waals surface area contributed by atoms with Gasteiger partial charge in [-0.15, -0.1) is 0 Å². The Balaban J connectivity index is 1.70. The van der Waals surface area contributed by atoms with Crippen molar-refractivity contribution in [2.24, 2.45) is 0 Å². The number of hydrogen-bond acceptors (Lipinski definition) is 4. The third kappa shape index (κ3) is 3.35. The molecule has 0 N–H and O–H groups in total. The highest BCUT2D eigenvalue weighted by Crippen LogP contribution is 2.22. The zero-order valence-corrected chi connectivity index (χ0v) is 14.0. The van der Waals surface area contributed by atoms with E-state index < -0.39 is 0 Å². The van der Waals surface area contributed by atoms with Crippen LogP contribution in [0, 0.1) is 13.8 Å². The van der Waals surface area contributed by atoms with Gasteiger partial charge in [-0.25, -0.2) is 9.97 Å². The minimum atomic E-state index is 0.862. The lowest BCUT2D eigenvalue weighted by Crippen LogP contribution is -2.47. The second kappa shape index (κ2) is 6.02. The maximum absolute atomic E-state index is 4.56. The number of anilines is 2.